The highest BCUT2D eigenvalue weighted by Gasteiger charge is 2.38. The van der Waals surface area contributed by atoms with E-state index in [2.05, 4.69) is 132 Å². The van der Waals surface area contributed by atoms with Crippen LogP contribution < -0.4 is 0 Å². The normalized spacial score (nSPS) is 22.4. The van der Waals surface area contributed by atoms with Crippen LogP contribution in [0.5, 0.6) is 0 Å². The van der Waals surface area contributed by atoms with E-state index in [1.54, 1.807) is 0 Å². The average Bonchev–Trinajstić information content (AvgIpc) is 3.10. The molecule has 0 spiro atoms. The van der Waals surface area contributed by atoms with Crippen LogP contribution in [0, 0.1) is 11.8 Å². The van der Waals surface area contributed by atoms with E-state index in [0.717, 1.165) is 53.5 Å². The van der Waals surface area contributed by atoms with Crippen molar-refractivity contribution in [2.24, 2.45) is 11.8 Å². The van der Waals surface area contributed by atoms with Crippen molar-refractivity contribution in [2.75, 3.05) is 0 Å². The summed E-state index contributed by atoms with van der Waals surface area (Å²) in [6.07, 6.45) is 22.8. The second-order valence-electron chi connectivity index (χ2n) is 14.8. The molecule has 8 rings (SSSR count). The smallest absolute Gasteiger partial charge is 0.0974 e. The van der Waals surface area contributed by atoms with Gasteiger partial charge in [-0.3, -0.25) is 9.97 Å². The van der Waals surface area contributed by atoms with E-state index in [4.69, 9.17) is 9.97 Å². The van der Waals surface area contributed by atoms with Gasteiger partial charge in [0.2, 0.25) is 0 Å². The lowest BCUT2D eigenvalue weighted by Crippen LogP contribution is -2.25. The summed E-state index contributed by atoms with van der Waals surface area (Å²) in [5, 5.41) is 2.37. The number of fused-ring (bicyclic) bond motifs is 5. The van der Waals surface area contributed by atoms with Gasteiger partial charge in [-0.2, -0.15) is 0 Å². The van der Waals surface area contributed by atoms with Crippen LogP contribution in [0.25, 0.3) is 33.0 Å². The molecule has 0 saturated heterocycles. The number of rotatable bonds is 5. The second-order valence-corrected chi connectivity index (χ2v) is 14.8. The van der Waals surface area contributed by atoms with Crippen LogP contribution in [0.4, 0.5) is 0 Å². The summed E-state index contributed by atoms with van der Waals surface area (Å²) in [5.74, 6) is 2.23. The van der Waals surface area contributed by atoms with Crippen molar-refractivity contribution < 1.29 is 0 Å². The van der Waals surface area contributed by atoms with Crippen LogP contribution in [0.1, 0.15) is 113 Å². The monoisotopic (exact) mass is 614 g/mol. The van der Waals surface area contributed by atoms with Crippen molar-refractivity contribution in [2.45, 2.75) is 84.5 Å². The molecule has 4 aliphatic rings. The van der Waals surface area contributed by atoms with Gasteiger partial charge in [0.05, 0.1) is 11.0 Å². The Balaban J connectivity index is 1.30. The van der Waals surface area contributed by atoms with Crippen LogP contribution in [0.3, 0.4) is 0 Å². The maximum Gasteiger partial charge on any atom is 0.0974 e. The molecule has 0 bridgehead atoms. The molecule has 0 fully saturated rings. The molecule has 0 unspecified atom stereocenters. The summed E-state index contributed by atoms with van der Waals surface area (Å²) in [4.78, 5) is 10.5. The third-order valence-electron chi connectivity index (χ3n) is 10.9. The first-order valence-corrected chi connectivity index (χ1v) is 17.9. The van der Waals surface area contributed by atoms with Crippen molar-refractivity contribution >= 4 is 33.0 Å². The molecule has 3 atom stereocenters. The van der Waals surface area contributed by atoms with Crippen molar-refractivity contribution in [1.82, 2.24) is 9.97 Å². The summed E-state index contributed by atoms with van der Waals surface area (Å²) < 4.78 is 0. The van der Waals surface area contributed by atoms with Crippen LogP contribution >= 0.6 is 0 Å². The Morgan fingerprint density at radius 2 is 1.60 bits per heavy atom. The Hall–Kier alpha value is -4.30. The van der Waals surface area contributed by atoms with Gasteiger partial charge in [0, 0.05) is 28.1 Å². The van der Waals surface area contributed by atoms with Gasteiger partial charge in [0.1, 0.15) is 0 Å². The van der Waals surface area contributed by atoms with Gasteiger partial charge in [-0.05, 0) is 112 Å². The van der Waals surface area contributed by atoms with Crippen molar-refractivity contribution in [1.29, 1.82) is 0 Å². The maximum absolute atomic E-state index is 5.28. The van der Waals surface area contributed by atoms with Gasteiger partial charge in [0.25, 0.3) is 0 Å². The summed E-state index contributed by atoms with van der Waals surface area (Å²) in [5.41, 5.74) is 15.8. The molecule has 2 heterocycles. The molecule has 4 aromatic rings. The van der Waals surface area contributed by atoms with Gasteiger partial charge >= 0.3 is 0 Å². The Bertz CT molecular complexity index is 2090. The largest absolute Gasteiger partial charge is 0.250 e. The zero-order chi connectivity index (χ0) is 32.2. The lowest BCUT2D eigenvalue weighted by Gasteiger charge is -2.40. The lowest BCUT2D eigenvalue weighted by atomic mass is 9.63. The lowest BCUT2D eigenvalue weighted by molar-refractivity contribution is 0.491. The van der Waals surface area contributed by atoms with E-state index < -0.39 is 0 Å². The van der Waals surface area contributed by atoms with Gasteiger partial charge in [-0.1, -0.05) is 120 Å². The van der Waals surface area contributed by atoms with Crippen molar-refractivity contribution in [3.63, 3.8) is 0 Å². The minimum Gasteiger partial charge on any atom is -0.250 e. The third-order valence-corrected chi connectivity index (χ3v) is 10.9. The molecule has 0 radical (unpaired) electrons. The molecular formula is C45H46N2. The van der Waals surface area contributed by atoms with E-state index in [1.807, 2.05) is 0 Å². The summed E-state index contributed by atoms with van der Waals surface area (Å²) in [6, 6.07) is 20.6. The Morgan fingerprint density at radius 1 is 0.787 bits per heavy atom. The van der Waals surface area contributed by atoms with Crippen molar-refractivity contribution in [3.8, 4) is 0 Å². The standard InChI is InChI=1S/C45H46N2/c1-27(2)40-24-22-31-21-23-38-39(26-41(28(3)4)47-45(38)44(31)46-40)32-11-10-12-33(25-32)43-36-15-8-6-13-34(36)42(30-19-17-29(5)18-20-30)35-14-7-9-16-37(35)43/h6,8-9,12-13,15-17,19-29,35,42H,7,10-11,14,18H2,1-5H3/t29-,35-,42-/m0/s1. The van der Waals surface area contributed by atoms with Crippen LogP contribution in [-0.2, 0) is 0 Å². The number of pyridine rings is 2. The number of aromatic nitrogens is 2. The molecule has 0 saturated carbocycles. The highest BCUT2D eigenvalue weighted by Crippen LogP contribution is 2.53. The zero-order valence-electron chi connectivity index (χ0n) is 28.6. The first kappa shape index (κ1) is 30.1. The van der Waals surface area contributed by atoms with E-state index in [-0.39, 0.29) is 0 Å². The molecule has 4 aliphatic carbocycles. The Kier molecular flexibility index (Phi) is 7.71. The highest BCUT2D eigenvalue weighted by molar-refractivity contribution is 6.07. The fourth-order valence-electron chi connectivity index (χ4n) is 8.33. The van der Waals surface area contributed by atoms with Crippen LogP contribution in [0.2, 0.25) is 0 Å². The minimum atomic E-state index is 0.326. The number of hydrogen-bond acceptors (Lipinski definition) is 2. The first-order valence-electron chi connectivity index (χ1n) is 17.9. The van der Waals surface area contributed by atoms with Gasteiger partial charge < -0.3 is 0 Å². The summed E-state index contributed by atoms with van der Waals surface area (Å²) in [7, 11) is 0. The average molecular weight is 615 g/mol. The molecule has 0 amide bonds. The molecule has 2 aromatic heterocycles. The number of hydrogen-bond donors (Lipinski definition) is 0. The molecule has 236 valence electrons. The summed E-state index contributed by atoms with van der Waals surface area (Å²) in [6.45, 7) is 11.3. The number of nitrogens with zero attached hydrogens (tertiary/aromatic N) is 2. The minimum absolute atomic E-state index is 0.326. The fourth-order valence-corrected chi connectivity index (χ4v) is 8.33. The molecule has 0 aliphatic heterocycles. The quantitative estimate of drug-likeness (QED) is 0.209. The number of allylic oxidation sites excluding steroid dienone is 12. The molecule has 47 heavy (non-hydrogen) atoms. The zero-order valence-corrected chi connectivity index (χ0v) is 28.6. The second kappa shape index (κ2) is 12.1. The third kappa shape index (κ3) is 5.27. The Morgan fingerprint density at radius 3 is 2.40 bits per heavy atom. The van der Waals surface area contributed by atoms with Crippen molar-refractivity contribution in [3.05, 3.63) is 142 Å². The van der Waals surface area contributed by atoms with E-state index in [0.29, 0.717) is 29.6 Å². The molecule has 2 nitrogen and oxygen atoms in total. The topological polar surface area (TPSA) is 25.8 Å². The highest BCUT2D eigenvalue weighted by atomic mass is 14.8. The van der Waals surface area contributed by atoms with Crippen LogP contribution in [-0.4, -0.2) is 9.97 Å². The molecule has 0 N–H and O–H groups in total. The van der Waals surface area contributed by atoms with Crippen LogP contribution in [0.15, 0.2) is 114 Å². The van der Waals surface area contributed by atoms with Gasteiger partial charge in [-0.15, -0.1) is 0 Å². The van der Waals surface area contributed by atoms with Gasteiger partial charge in [-0.25, -0.2) is 0 Å². The molecule has 2 heteroatoms. The predicted molar refractivity (Wildman–Crippen MR) is 199 cm³/mol. The Labute approximate surface area is 280 Å². The number of benzene rings is 2. The van der Waals surface area contributed by atoms with E-state index in [1.165, 1.54) is 56.4 Å². The maximum atomic E-state index is 5.28. The predicted octanol–water partition coefficient (Wildman–Crippen LogP) is 12.2. The first-order chi connectivity index (χ1) is 22.9. The fraction of sp³-hybridized carbons (Fsp3) is 0.333. The molecular weight excluding hydrogens is 569 g/mol. The van der Waals surface area contributed by atoms with E-state index in [9.17, 15) is 0 Å². The SMILES string of the molecule is CC(C)c1ccc2ccc3c(C4=CC(C5=C6C=CCC[C@@H]6[C@@H](C6=CC[C@@H](C)C=C6)c6ccccc65)=CCC4)cc(C(C)C)nc3c2n1. The molecule has 2 aromatic carbocycles. The van der Waals surface area contributed by atoms with Gasteiger partial charge in [0.15, 0.2) is 0 Å². The summed E-state index contributed by atoms with van der Waals surface area (Å²) >= 11 is 0. The van der Waals surface area contributed by atoms with E-state index >= 15 is 0 Å².